The van der Waals surface area contributed by atoms with Crippen LogP contribution in [-0.4, -0.2) is 96.7 Å². The molecule has 0 aliphatic heterocycles. The van der Waals surface area contributed by atoms with Crippen molar-refractivity contribution in [2.24, 2.45) is 17.8 Å². The van der Waals surface area contributed by atoms with Crippen molar-refractivity contribution in [1.29, 1.82) is 0 Å². The summed E-state index contributed by atoms with van der Waals surface area (Å²) in [5.74, 6) is 0.127. The summed E-state index contributed by atoms with van der Waals surface area (Å²) < 4.78 is 68.7. The van der Waals surface area contributed by atoms with Crippen LogP contribution < -0.4 is 0 Å². The van der Waals surface area contributed by atoms with Gasteiger partial charge < -0.3 is 33.8 Å². The summed E-state index contributed by atoms with van der Waals surface area (Å²) >= 11 is 0. The topological polar surface area (TPSA) is 237 Å². The lowest BCUT2D eigenvalue weighted by molar-refractivity contribution is -0.161. The second-order valence-corrected chi connectivity index (χ2v) is 34.9. The van der Waals surface area contributed by atoms with Gasteiger partial charge in [0.15, 0.2) is 12.2 Å². The molecule has 0 amide bonds. The Morgan fingerprint density at radius 2 is 0.442 bits per heavy atom. The molecule has 0 spiro atoms. The van der Waals surface area contributed by atoms with Gasteiger partial charge in [-0.25, -0.2) is 9.13 Å². The molecule has 0 radical (unpaired) electrons. The van der Waals surface area contributed by atoms with E-state index >= 15 is 0 Å². The Balaban J connectivity index is 5.18. The zero-order valence-electron chi connectivity index (χ0n) is 68.5. The molecular formula is C85H166O17P2. The summed E-state index contributed by atoms with van der Waals surface area (Å²) in [6.45, 7) is 11.9. The van der Waals surface area contributed by atoms with Crippen LogP contribution in [0.4, 0.5) is 0 Å². The van der Waals surface area contributed by atoms with Crippen molar-refractivity contribution in [1.82, 2.24) is 0 Å². The number of phosphoric ester groups is 2. The number of aliphatic hydroxyl groups excluding tert-OH is 1. The van der Waals surface area contributed by atoms with E-state index in [1.807, 2.05) is 0 Å². The van der Waals surface area contributed by atoms with Crippen molar-refractivity contribution < 1.29 is 80.2 Å². The smallest absolute Gasteiger partial charge is 0.462 e. The maximum absolute atomic E-state index is 13.1. The lowest BCUT2D eigenvalue weighted by Crippen LogP contribution is -2.30. The van der Waals surface area contributed by atoms with E-state index in [9.17, 15) is 43.2 Å². The van der Waals surface area contributed by atoms with Gasteiger partial charge in [-0.1, -0.05) is 395 Å². The van der Waals surface area contributed by atoms with Crippen LogP contribution in [0.25, 0.3) is 0 Å². The van der Waals surface area contributed by atoms with Gasteiger partial charge in [0.25, 0.3) is 0 Å². The minimum Gasteiger partial charge on any atom is -0.462 e. The third-order valence-electron chi connectivity index (χ3n) is 19.9. The van der Waals surface area contributed by atoms with Crippen molar-refractivity contribution in [2.75, 3.05) is 39.6 Å². The molecule has 2 unspecified atom stereocenters. The Kier molecular flexibility index (Phi) is 73.7. The number of aliphatic hydroxyl groups is 1. The zero-order chi connectivity index (χ0) is 76.5. The van der Waals surface area contributed by atoms with E-state index in [-0.39, 0.29) is 25.7 Å². The Morgan fingerprint density at radius 1 is 0.260 bits per heavy atom. The van der Waals surface area contributed by atoms with Crippen molar-refractivity contribution >= 4 is 39.5 Å². The third-order valence-corrected chi connectivity index (χ3v) is 21.8. The molecule has 618 valence electrons. The minimum absolute atomic E-state index is 0.104. The average Bonchev–Trinajstić information content (AvgIpc) is 0.906. The number of phosphoric acid groups is 2. The fraction of sp³-hybridized carbons (Fsp3) is 0.953. The van der Waals surface area contributed by atoms with Crippen LogP contribution in [0.5, 0.6) is 0 Å². The first-order valence-electron chi connectivity index (χ1n) is 43.8. The normalized spacial score (nSPS) is 13.9. The van der Waals surface area contributed by atoms with Gasteiger partial charge in [0.05, 0.1) is 26.4 Å². The zero-order valence-corrected chi connectivity index (χ0v) is 70.3. The third kappa shape index (κ3) is 78.2. The molecule has 104 heavy (non-hydrogen) atoms. The highest BCUT2D eigenvalue weighted by molar-refractivity contribution is 7.47. The highest BCUT2D eigenvalue weighted by atomic mass is 31.2. The molecule has 0 aromatic carbocycles. The van der Waals surface area contributed by atoms with Gasteiger partial charge in [-0.15, -0.1) is 0 Å². The van der Waals surface area contributed by atoms with Crippen LogP contribution >= 0.6 is 15.6 Å². The van der Waals surface area contributed by atoms with E-state index in [1.165, 1.54) is 250 Å². The maximum Gasteiger partial charge on any atom is 0.472 e. The lowest BCUT2D eigenvalue weighted by atomic mass is 10.0. The molecule has 0 saturated carbocycles. The van der Waals surface area contributed by atoms with Gasteiger partial charge >= 0.3 is 39.5 Å². The minimum atomic E-state index is -4.97. The Hall–Kier alpha value is -1.94. The van der Waals surface area contributed by atoms with Crippen molar-refractivity contribution in [3.63, 3.8) is 0 Å². The molecule has 0 aromatic rings. The summed E-state index contributed by atoms with van der Waals surface area (Å²) in [5, 5.41) is 10.6. The van der Waals surface area contributed by atoms with Crippen LogP contribution in [0.3, 0.4) is 0 Å². The molecule has 0 saturated heterocycles. The number of rotatable bonds is 83. The quantitative estimate of drug-likeness (QED) is 0.0222. The van der Waals surface area contributed by atoms with E-state index < -0.39 is 97.5 Å². The van der Waals surface area contributed by atoms with E-state index in [0.717, 1.165) is 108 Å². The molecule has 3 N–H and O–H groups in total. The molecule has 0 fully saturated rings. The highest BCUT2D eigenvalue weighted by Crippen LogP contribution is 2.45. The van der Waals surface area contributed by atoms with Crippen molar-refractivity contribution in [3.05, 3.63) is 0 Å². The van der Waals surface area contributed by atoms with Crippen LogP contribution in [0.15, 0.2) is 0 Å². The number of hydrogen-bond donors (Lipinski definition) is 3. The molecule has 0 aliphatic rings. The highest BCUT2D eigenvalue weighted by Gasteiger charge is 2.30. The number of ether oxygens (including phenoxy) is 4. The second-order valence-electron chi connectivity index (χ2n) is 32.0. The fourth-order valence-corrected chi connectivity index (χ4v) is 14.8. The first kappa shape index (κ1) is 102. The number of carbonyl (C=O) groups excluding carboxylic acids is 4. The molecule has 5 atom stereocenters. The van der Waals surface area contributed by atoms with Crippen LogP contribution in [0.1, 0.15) is 447 Å². The predicted molar refractivity (Wildman–Crippen MR) is 428 cm³/mol. The predicted octanol–water partition coefficient (Wildman–Crippen LogP) is 25.7. The first-order chi connectivity index (χ1) is 50.2. The number of carbonyl (C=O) groups is 4. The number of hydrogen-bond acceptors (Lipinski definition) is 15. The molecule has 19 heteroatoms. The molecule has 0 heterocycles. The van der Waals surface area contributed by atoms with Gasteiger partial charge in [0.2, 0.25) is 0 Å². The number of esters is 4. The van der Waals surface area contributed by atoms with Gasteiger partial charge in [0, 0.05) is 25.7 Å². The first-order valence-corrected chi connectivity index (χ1v) is 46.8. The Labute approximate surface area is 638 Å². The summed E-state index contributed by atoms with van der Waals surface area (Å²) in [4.78, 5) is 73.1. The van der Waals surface area contributed by atoms with Crippen LogP contribution in [-0.2, 0) is 65.4 Å². The largest absolute Gasteiger partial charge is 0.472 e. The SMILES string of the molecule is CCCCCCCCCCCCCCCCCCCCCCCCC(=O)O[C@H](COC(=O)CCCCCCCCCCCCCCCCCCCCC(C)C)COP(=O)(O)OC[C@@H](O)COP(=O)(O)OC[C@@H](COC(=O)CCCCCCCCC(C)C)OC(=O)CCCCCCCCCCCC(C)C. The van der Waals surface area contributed by atoms with Gasteiger partial charge in [-0.2, -0.15) is 0 Å². The Bertz CT molecular complexity index is 2010. The van der Waals surface area contributed by atoms with Crippen LogP contribution in [0, 0.1) is 17.8 Å². The standard InChI is InChI=1S/C85H166O17P2/c1-8-9-10-11-12-13-14-15-16-17-18-19-20-21-26-29-32-35-40-45-54-61-68-84(89)101-80(72-95-82(87)66-59-52-44-39-34-31-28-25-23-22-24-27-30-33-37-42-49-56-63-76(2)3)74-99-103(91,92)97-70-79(86)71-98-104(93,94)100-75-81(73-96-83(88)67-60-53-48-47-51-58-65-78(6)7)102-85(90)69-62-55-46-41-36-38-43-50-57-64-77(4)5/h76-81,86H,8-75H2,1-7H3,(H,91,92)(H,93,94)/t79-,80-,81-/m1/s1. The summed E-state index contributed by atoms with van der Waals surface area (Å²) in [6.07, 6.45) is 65.7. The van der Waals surface area contributed by atoms with E-state index in [0.29, 0.717) is 31.6 Å². The average molecular weight is 1520 g/mol. The summed E-state index contributed by atoms with van der Waals surface area (Å²) in [5.41, 5.74) is 0. The van der Waals surface area contributed by atoms with Crippen molar-refractivity contribution in [3.8, 4) is 0 Å². The molecule has 0 aliphatic carbocycles. The maximum atomic E-state index is 13.1. The van der Waals surface area contributed by atoms with Crippen LogP contribution in [0.2, 0.25) is 0 Å². The molecule has 17 nitrogen and oxygen atoms in total. The monoisotopic (exact) mass is 1520 g/mol. The molecule has 0 rings (SSSR count). The molecular weight excluding hydrogens is 1350 g/mol. The Morgan fingerprint density at radius 3 is 0.654 bits per heavy atom. The molecule has 0 bridgehead atoms. The molecule has 0 aromatic heterocycles. The second kappa shape index (κ2) is 75.1. The fourth-order valence-electron chi connectivity index (χ4n) is 13.2. The van der Waals surface area contributed by atoms with E-state index in [1.54, 1.807) is 0 Å². The van der Waals surface area contributed by atoms with Gasteiger partial charge in [-0.3, -0.25) is 37.3 Å². The van der Waals surface area contributed by atoms with E-state index in [2.05, 4.69) is 48.5 Å². The summed E-state index contributed by atoms with van der Waals surface area (Å²) in [7, 11) is -9.92. The lowest BCUT2D eigenvalue weighted by Gasteiger charge is -2.21. The summed E-state index contributed by atoms with van der Waals surface area (Å²) in [6, 6.07) is 0. The van der Waals surface area contributed by atoms with Gasteiger partial charge in [0.1, 0.15) is 19.3 Å². The number of unbranched alkanes of at least 4 members (excludes halogenated alkanes) is 51. The van der Waals surface area contributed by atoms with Gasteiger partial charge in [-0.05, 0) is 43.4 Å². The van der Waals surface area contributed by atoms with E-state index in [4.69, 9.17) is 37.0 Å². The van der Waals surface area contributed by atoms with Crippen molar-refractivity contribution in [2.45, 2.75) is 465 Å².